The van der Waals surface area contributed by atoms with Gasteiger partial charge in [0, 0.05) is 22.9 Å². The van der Waals surface area contributed by atoms with Crippen molar-refractivity contribution in [2.24, 2.45) is 5.92 Å². The highest BCUT2D eigenvalue weighted by Gasteiger charge is 2.66. The molecule has 9 nitrogen and oxygen atoms in total. The van der Waals surface area contributed by atoms with Gasteiger partial charge in [0.2, 0.25) is 0 Å². The maximum atomic E-state index is 13.5. The standard InChI is InChI=1S/C25H25NO8S2/c1-26-13-10-8-7-9-12(13)25(17-15(21(27)31-2)16(19(17)26)22(28)32-3)11-14(35-6)36-20(24(30)34-5)18(25)23(29)33-4/h7-11,17,19H,1-6H3/t17?,19?,25-/m1/s1. The number of nitrogens with zero attached hydrogens (tertiary/aromatic N) is 1. The molecule has 4 rings (SSSR count). The molecule has 0 N–H and O–H groups in total. The molecule has 2 aliphatic heterocycles. The van der Waals surface area contributed by atoms with Gasteiger partial charge in [0.05, 0.1) is 56.6 Å². The molecule has 0 fully saturated rings. The number of para-hydroxylation sites is 1. The van der Waals surface area contributed by atoms with Crippen LogP contribution in [0.3, 0.4) is 0 Å². The van der Waals surface area contributed by atoms with Crippen molar-refractivity contribution in [2.75, 3.05) is 46.6 Å². The van der Waals surface area contributed by atoms with Crippen molar-refractivity contribution < 1.29 is 38.1 Å². The third-order valence-electron chi connectivity index (χ3n) is 6.81. The summed E-state index contributed by atoms with van der Waals surface area (Å²) in [5, 5.41) is 0. The smallest absolute Gasteiger partial charge is 0.345 e. The highest BCUT2D eigenvalue weighted by atomic mass is 32.2. The third kappa shape index (κ3) is 3.47. The fraction of sp³-hybridized carbons (Fsp3) is 0.360. The van der Waals surface area contributed by atoms with E-state index in [-0.39, 0.29) is 21.6 Å². The highest BCUT2D eigenvalue weighted by Crippen LogP contribution is 2.64. The number of hydrogen-bond acceptors (Lipinski definition) is 11. The molecule has 190 valence electrons. The van der Waals surface area contributed by atoms with Gasteiger partial charge in [-0.05, 0) is 24.0 Å². The van der Waals surface area contributed by atoms with Crippen LogP contribution in [0.15, 0.2) is 56.2 Å². The molecule has 3 aliphatic rings. The van der Waals surface area contributed by atoms with Crippen LogP contribution < -0.4 is 4.90 Å². The van der Waals surface area contributed by atoms with E-state index < -0.39 is 41.3 Å². The van der Waals surface area contributed by atoms with Crippen LogP contribution in [0.5, 0.6) is 0 Å². The lowest BCUT2D eigenvalue weighted by Crippen LogP contribution is -2.64. The Balaban J connectivity index is 2.19. The van der Waals surface area contributed by atoms with Crippen molar-refractivity contribution in [1.29, 1.82) is 0 Å². The average molecular weight is 532 g/mol. The second-order valence-corrected chi connectivity index (χ2v) is 10.3. The molecule has 0 aromatic heterocycles. The Bertz CT molecular complexity index is 1270. The number of rotatable bonds is 5. The molecule has 0 amide bonds. The van der Waals surface area contributed by atoms with Gasteiger partial charge in [-0.3, -0.25) is 0 Å². The van der Waals surface area contributed by atoms with Gasteiger partial charge in [0.15, 0.2) is 0 Å². The van der Waals surface area contributed by atoms with E-state index in [2.05, 4.69) is 0 Å². The summed E-state index contributed by atoms with van der Waals surface area (Å²) >= 11 is 2.49. The minimum atomic E-state index is -1.34. The maximum absolute atomic E-state index is 13.5. The van der Waals surface area contributed by atoms with E-state index in [9.17, 15) is 19.2 Å². The number of likely N-dealkylation sites (N-methyl/N-ethyl adjacent to an activating group) is 1. The molecule has 11 heteroatoms. The molecule has 3 atom stereocenters. The van der Waals surface area contributed by atoms with E-state index in [0.29, 0.717) is 5.56 Å². The van der Waals surface area contributed by atoms with Crippen LogP contribution in [0, 0.1) is 5.92 Å². The topological polar surface area (TPSA) is 108 Å². The Morgan fingerprint density at radius 2 is 1.47 bits per heavy atom. The molecule has 0 radical (unpaired) electrons. The Hall–Kier alpha value is -3.18. The van der Waals surface area contributed by atoms with Crippen LogP contribution in [0.4, 0.5) is 5.69 Å². The molecule has 1 spiro atoms. The fourth-order valence-corrected chi connectivity index (χ4v) is 7.22. The SMILES string of the molecule is COC(=O)C1=C(C(=O)OC)[C@]2(C=C(SC)S1)c1ccccc1N(C)C1C(C(=O)OC)=C(C(=O)OC)C12. The zero-order chi connectivity index (χ0) is 26.4. The number of benzene rings is 1. The first-order chi connectivity index (χ1) is 17.2. The number of fused-ring (bicyclic) bond motifs is 4. The van der Waals surface area contributed by atoms with Crippen LogP contribution in [-0.2, 0) is 43.5 Å². The van der Waals surface area contributed by atoms with Crippen LogP contribution in [0.2, 0.25) is 0 Å². The summed E-state index contributed by atoms with van der Waals surface area (Å²) in [6.07, 6.45) is 3.72. The number of allylic oxidation sites excluding steroid dienone is 1. The van der Waals surface area contributed by atoms with E-state index in [1.54, 1.807) is 7.05 Å². The average Bonchev–Trinajstić information content (AvgIpc) is 2.89. The predicted octanol–water partition coefficient (Wildman–Crippen LogP) is 2.57. The number of ether oxygens (including phenoxy) is 4. The molecule has 1 aromatic carbocycles. The van der Waals surface area contributed by atoms with Gasteiger partial charge in [-0.15, -0.1) is 11.8 Å². The number of anilines is 1. The Kier molecular flexibility index (Phi) is 6.98. The second-order valence-electron chi connectivity index (χ2n) is 8.19. The zero-order valence-corrected chi connectivity index (χ0v) is 22.2. The van der Waals surface area contributed by atoms with E-state index in [0.717, 1.165) is 21.7 Å². The first-order valence-corrected chi connectivity index (χ1v) is 12.9. The van der Waals surface area contributed by atoms with Crippen molar-refractivity contribution in [3.05, 3.63) is 61.8 Å². The number of esters is 4. The van der Waals surface area contributed by atoms with Crippen molar-refractivity contribution in [2.45, 2.75) is 11.5 Å². The van der Waals surface area contributed by atoms with E-state index in [1.165, 1.54) is 40.2 Å². The first kappa shape index (κ1) is 25.9. The summed E-state index contributed by atoms with van der Waals surface area (Å²) in [5.74, 6) is -3.61. The summed E-state index contributed by atoms with van der Waals surface area (Å²) in [5.41, 5.74) is 0.331. The number of hydrogen-bond donors (Lipinski definition) is 0. The zero-order valence-electron chi connectivity index (χ0n) is 20.6. The minimum Gasteiger partial charge on any atom is -0.466 e. The van der Waals surface area contributed by atoms with Gasteiger partial charge in [0.1, 0.15) is 4.91 Å². The van der Waals surface area contributed by atoms with Gasteiger partial charge in [-0.2, -0.15) is 0 Å². The normalized spacial score (nSPS) is 24.3. The summed E-state index contributed by atoms with van der Waals surface area (Å²) in [6.45, 7) is 0. The largest absolute Gasteiger partial charge is 0.466 e. The lowest BCUT2D eigenvalue weighted by Gasteiger charge is -2.58. The molecule has 36 heavy (non-hydrogen) atoms. The Morgan fingerprint density at radius 3 is 2.06 bits per heavy atom. The lowest BCUT2D eigenvalue weighted by molar-refractivity contribution is -0.142. The lowest BCUT2D eigenvalue weighted by atomic mass is 9.51. The van der Waals surface area contributed by atoms with Crippen molar-refractivity contribution in [3.8, 4) is 0 Å². The fourth-order valence-electron chi connectivity index (χ4n) is 5.37. The van der Waals surface area contributed by atoms with Crippen molar-refractivity contribution in [3.63, 3.8) is 0 Å². The predicted molar refractivity (Wildman–Crippen MR) is 135 cm³/mol. The van der Waals surface area contributed by atoms with Crippen LogP contribution in [0.25, 0.3) is 0 Å². The molecule has 1 aromatic rings. The molecule has 0 bridgehead atoms. The number of thioether (sulfide) groups is 2. The van der Waals surface area contributed by atoms with Crippen LogP contribution in [0.1, 0.15) is 5.56 Å². The maximum Gasteiger partial charge on any atom is 0.345 e. The summed E-state index contributed by atoms with van der Waals surface area (Å²) < 4.78 is 21.1. The van der Waals surface area contributed by atoms with Gasteiger partial charge in [-0.1, -0.05) is 30.0 Å². The van der Waals surface area contributed by atoms with Gasteiger partial charge in [-0.25, -0.2) is 19.2 Å². The summed E-state index contributed by atoms with van der Waals surface area (Å²) in [7, 11) is 6.73. The second kappa shape index (κ2) is 9.70. The summed E-state index contributed by atoms with van der Waals surface area (Å²) in [6, 6.07) is 6.71. The third-order valence-corrected chi connectivity index (χ3v) is 8.98. The highest BCUT2D eigenvalue weighted by molar-refractivity contribution is 8.24. The number of carbonyl (C=O) groups is 4. The van der Waals surface area contributed by atoms with Crippen LogP contribution >= 0.6 is 23.5 Å². The Morgan fingerprint density at radius 1 is 0.889 bits per heavy atom. The van der Waals surface area contributed by atoms with Crippen molar-refractivity contribution >= 4 is 53.1 Å². The molecular weight excluding hydrogens is 506 g/mol. The van der Waals surface area contributed by atoms with E-state index >= 15 is 0 Å². The molecule has 2 unspecified atom stereocenters. The molecule has 2 heterocycles. The number of methoxy groups -OCH3 is 4. The van der Waals surface area contributed by atoms with Gasteiger partial charge < -0.3 is 23.8 Å². The van der Waals surface area contributed by atoms with Crippen LogP contribution in [-0.4, -0.2) is 71.7 Å². The monoisotopic (exact) mass is 531 g/mol. The van der Waals surface area contributed by atoms with Gasteiger partial charge >= 0.3 is 23.9 Å². The minimum absolute atomic E-state index is 0.0421. The molecule has 0 saturated heterocycles. The Labute approximate surface area is 216 Å². The molecular formula is C25H25NO8S2. The molecule has 1 aliphatic carbocycles. The van der Waals surface area contributed by atoms with Crippen molar-refractivity contribution in [1.82, 2.24) is 0 Å². The molecule has 0 saturated carbocycles. The summed E-state index contributed by atoms with van der Waals surface area (Å²) in [4.78, 5) is 54.5. The quantitative estimate of drug-likeness (QED) is 0.413. The van der Waals surface area contributed by atoms with Gasteiger partial charge in [0.25, 0.3) is 0 Å². The van der Waals surface area contributed by atoms with E-state index in [1.807, 2.05) is 41.5 Å². The first-order valence-electron chi connectivity index (χ1n) is 10.8. The number of carbonyl (C=O) groups excluding carboxylic acids is 4. The van der Waals surface area contributed by atoms with E-state index in [4.69, 9.17) is 18.9 Å².